The summed E-state index contributed by atoms with van der Waals surface area (Å²) in [6.07, 6.45) is 2.30. The minimum absolute atomic E-state index is 0.0246. The maximum atomic E-state index is 12.6. The average molecular weight is 474 g/mol. The van der Waals surface area contributed by atoms with E-state index >= 15 is 0 Å². The molecule has 0 saturated carbocycles. The van der Waals surface area contributed by atoms with Crippen molar-refractivity contribution in [3.8, 4) is 17.0 Å². The van der Waals surface area contributed by atoms with Crippen molar-refractivity contribution < 1.29 is 9.53 Å². The molecule has 35 heavy (non-hydrogen) atoms. The van der Waals surface area contributed by atoms with E-state index in [1.165, 1.54) is 17.8 Å². The van der Waals surface area contributed by atoms with Gasteiger partial charge in [0.25, 0.3) is 5.91 Å². The molecule has 184 valence electrons. The number of carbonyl (C=O) groups is 1. The molecule has 3 aromatic rings. The molecule has 7 heteroatoms. The van der Waals surface area contributed by atoms with E-state index in [4.69, 9.17) is 9.84 Å². The van der Waals surface area contributed by atoms with E-state index in [9.17, 15) is 4.79 Å². The quantitative estimate of drug-likeness (QED) is 0.566. The first-order valence-electron chi connectivity index (χ1n) is 12.4. The normalized spacial score (nSPS) is 23.2. The van der Waals surface area contributed by atoms with Gasteiger partial charge in [0.1, 0.15) is 5.75 Å². The number of carbonyl (C=O) groups excluding carboxylic acids is 1. The first kappa shape index (κ1) is 23.4. The molecule has 1 aromatic heterocycles. The third-order valence-corrected chi connectivity index (χ3v) is 7.70. The molecule has 3 saturated heterocycles. The van der Waals surface area contributed by atoms with Crippen LogP contribution in [0, 0.1) is 5.92 Å². The van der Waals surface area contributed by atoms with E-state index in [2.05, 4.69) is 71.3 Å². The number of fused-ring (bicyclic) bond motifs is 3. The van der Waals surface area contributed by atoms with E-state index in [-0.39, 0.29) is 5.91 Å². The number of nitrogens with one attached hydrogen (secondary N) is 1. The number of aryl methyl sites for hydroxylation is 1. The highest BCUT2D eigenvalue weighted by Gasteiger charge is 2.41. The largest absolute Gasteiger partial charge is 0.497 e. The van der Waals surface area contributed by atoms with Gasteiger partial charge in [-0.25, -0.2) is 0 Å². The van der Waals surface area contributed by atoms with Gasteiger partial charge in [0, 0.05) is 68.7 Å². The van der Waals surface area contributed by atoms with Crippen LogP contribution in [0.2, 0.25) is 0 Å². The van der Waals surface area contributed by atoms with Crippen molar-refractivity contribution in [2.24, 2.45) is 13.0 Å². The molecule has 1 N–H and O–H groups in total. The van der Waals surface area contributed by atoms with Gasteiger partial charge in [0.2, 0.25) is 0 Å². The molecular formula is C28H35N5O2. The standard InChI is InChI=1S/C28H35N5O2/c1-31(2)22-9-5-19(6-10-22)26-16-27(32(3)30-26)25-18-33-14-13-21(25)15-23(33)17-29-28(34)20-7-11-24(35-4)12-8-20/h5-12,16,21,23,25H,13-15,17-18H2,1-4H3,(H,29,34). The molecule has 3 aliphatic rings. The predicted molar refractivity (Wildman–Crippen MR) is 139 cm³/mol. The Kier molecular flexibility index (Phi) is 6.52. The van der Waals surface area contributed by atoms with Crippen LogP contribution in [0.15, 0.2) is 54.6 Å². The van der Waals surface area contributed by atoms with Gasteiger partial charge in [-0.2, -0.15) is 5.10 Å². The number of aromatic nitrogens is 2. The van der Waals surface area contributed by atoms with Crippen molar-refractivity contribution in [1.82, 2.24) is 20.0 Å². The van der Waals surface area contributed by atoms with Gasteiger partial charge in [-0.05, 0) is 67.8 Å². The van der Waals surface area contributed by atoms with E-state index in [0.29, 0.717) is 30.0 Å². The first-order chi connectivity index (χ1) is 16.9. The lowest BCUT2D eigenvalue weighted by Crippen LogP contribution is -2.56. The van der Waals surface area contributed by atoms with Crippen molar-refractivity contribution >= 4 is 11.6 Å². The Morgan fingerprint density at radius 2 is 1.89 bits per heavy atom. The van der Waals surface area contributed by atoms with Crippen LogP contribution in [-0.2, 0) is 7.05 Å². The highest BCUT2D eigenvalue weighted by molar-refractivity contribution is 5.94. The van der Waals surface area contributed by atoms with Crippen molar-refractivity contribution in [3.63, 3.8) is 0 Å². The molecule has 7 nitrogen and oxygen atoms in total. The van der Waals surface area contributed by atoms with Gasteiger partial charge >= 0.3 is 0 Å². The van der Waals surface area contributed by atoms with Crippen LogP contribution in [-0.4, -0.2) is 67.5 Å². The number of benzene rings is 2. The number of hydrogen-bond donors (Lipinski definition) is 1. The first-order valence-corrected chi connectivity index (χ1v) is 12.4. The Balaban J connectivity index is 1.23. The second-order valence-electron chi connectivity index (χ2n) is 10.00. The summed E-state index contributed by atoms with van der Waals surface area (Å²) in [4.78, 5) is 17.3. The molecule has 3 fully saturated rings. The fourth-order valence-electron chi connectivity index (χ4n) is 5.64. The fourth-order valence-corrected chi connectivity index (χ4v) is 5.64. The number of anilines is 1. The van der Waals surface area contributed by atoms with E-state index < -0.39 is 0 Å². The number of hydrogen-bond acceptors (Lipinski definition) is 5. The Bertz CT molecular complexity index is 1170. The maximum Gasteiger partial charge on any atom is 0.251 e. The van der Waals surface area contributed by atoms with Crippen molar-refractivity contribution in [1.29, 1.82) is 0 Å². The fraction of sp³-hybridized carbons (Fsp3) is 0.429. The molecule has 6 rings (SSSR count). The average Bonchev–Trinajstić information content (AvgIpc) is 3.29. The molecule has 0 spiro atoms. The summed E-state index contributed by atoms with van der Waals surface area (Å²) in [7, 11) is 7.80. The monoisotopic (exact) mass is 473 g/mol. The second-order valence-corrected chi connectivity index (χ2v) is 10.00. The SMILES string of the molecule is COc1ccc(C(=O)NCC2CC3CCN2CC3c2cc(-c3ccc(N(C)C)cc3)nn2C)cc1. The summed E-state index contributed by atoms with van der Waals surface area (Å²) in [6.45, 7) is 2.80. The van der Waals surface area contributed by atoms with Crippen LogP contribution in [0.25, 0.3) is 11.3 Å². The molecule has 4 heterocycles. The molecule has 2 aromatic carbocycles. The minimum Gasteiger partial charge on any atom is -0.497 e. The Morgan fingerprint density at radius 1 is 1.14 bits per heavy atom. The maximum absolute atomic E-state index is 12.6. The van der Waals surface area contributed by atoms with Gasteiger partial charge in [-0.15, -0.1) is 0 Å². The number of piperidine rings is 3. The molecule has 1 amide bonds. The van der Waals surface area contributed by atoms with Crippen LogP contribution in [0.4, 0.5) is 5.69 Å². The smallest absolute Gasteiger partial charge is 0.251 e. The van der Waals surface area contributed by atoms with Crippen LogP contribution in [0.5, 0.6) is 5.75 Å². The second kappa shape index (κ2) is 9.74. The molecule has 4 atom stereocenters. The number of amides is 1. The minimum atomic E-state index is -0.0246. The van der Waals surface area contributed by atoms with E-state index in [1.807, 2.05) is 24.3 Å². The van der Waals surface area contributed by atoms with E-state index in [1.54, 1.807) is 7.11 Å². The third-order valence-electron chi connectivity index (χ3n) is 7.70. The van der Waals surface area contributed by atoms with Gasteiger partial charge in [-0.1, -0.05) is 12.1 Å². The lowest BCUT2D eigenvalue weighted by molar-refractivity contribution is 0.0280. The third kappa shape index (κ3) is 4.78. The van der Waals surface area contributed by atoms with E-state index in [0.717, 1.165) is 36.5 Å². The van der Waals surface area contributed by atoms with Gasteiger partial charge in [0.15, 0.2) is 0 Å². The topological polar surface area (TPSA) is 62.6 Å². The summed E-state index contributed by atoms with van der Waals surface area (Å²) >= 11 is 0. The lowest BCUT2D eigenvalue weighted by atomic mass is 9.74. The lowest BCUT2D eigenvalue weighted by Gasteiger charge is -2.50. The van der Waals surface area contributed by atoms with Crippen LogP contribution >= 0.6 is 0 Å². The van der Waals surface area contributed by atoms with Gasteiger partial charge < -0.3 is 15.0 Å². The molecular weight excluding hydrogens is 438 g/mol. The van der Waals surface area contributed by atoms with Crippen LogP contribution < -0.4 is 15.0 Å². The summed E-state index contributed by atoms with van der Waals surface area (Å²) in [5.41, 5.74) is 5.35. The Labute approximate surface area is 207 Å². The molecule has 0 radical (unpaired) electrons. The Morgan fingerprint density at radius 3 is 2.51 bits per heavy atom. The van der Waals surface area contributed by atoms with Crippen LogP contribution in [0.1, 0.15) is 34.8 Å². The summed E-state index contributed by atoms with van der Waals surface area (Å²) < 4.78 is 7.26. The number of ether oxygens (including phenoxy) is 1. The van der Waals surface area contributed by atoms with Gasteiger partial charge in [0.05, 0.1) is 12.8 Å². The zero-order chi connectivity index (χ0) is 24.5. The summed E-state index contributed by atoms with van der Waals surface area (Å²) in [5.74, 6) is 1.82. The number of nitrogens with zero attached hydrogens (tertiary/aromatic N) is 4. The molecule has 3 aliphatic heterocycles. The number of rotatable bonds is 7. The molecule has 2 bridgehead atoms. The zero-order valence-electron chi connectivity index (χ0n) is 21.1. The molecule has 0 aliphatic carbocycles. The van der Waals surface area contributed by atoms with Gasteiger partial charge in [-0.3, -0.25) is 14.4 Å². The highest BCUT2D eigenvalue weighted by atomic mass is 16.5. The predicted octanol–water partition coefficient (Wildman–Crippen LogP) is 3.77. The van der Waals surface area contributed by atoms with Crippen molar-refractivity contribution in [2.45, 2.75) is 24.8 Å². The van der Waals surface area contributed by atoms with Crippen molar-refractivity contribution in [3.05, 3.63) is 65.9 Å². The van der Waals surface area contributed by atoms with Crippen molar-refractivity contribution in [2.75, 3.05) is 45.7 Å². The number of methoxy groups -OCH3 is 1. The zero-order valence-corrected chi connectivity index (χ0v) is 21.1. The summed E-state index contributed by atoms with van der Waals surface area (Å²) in [6, 6.07) is 18.5. The highest BCUT2D eigenvalue weighted by Crippen LogP contribution is 2.42. The Hall–Kier alpha value is -3.32. The molecule has 4 unspecified atom stereocenters. The van der Waals surface area contributed by atoms with Crippen LogP contribution in [0.3, 0.4) is 0 Å². The summed E-state index contributed by atoms with van der Waals surface area (Å²) in [5, 5.41) is 8.01.